The maximum Gasteiger partial charge on any atom is 0.330 e. The van der Waals surface area contributed by atoms with E-state index in [1.54, 1.807) is 6.08 Å². The summed E-state index contributed by atoms with van der Waals surface area (Å²) in [5.74, 6) is -1.35. The highest BCUT2D eigenvalue weighted by atomic mass is 16.5. The van der Waals surface area contributed by atoms with Crippen LogP contribution >= 0.6 is 0 Å². The number of rotatable bonds is 6. The van der Waals surface area contributed by atoms with E-state index in [-0.39, 0.29) is 13.0 Å². The number of aliphatic carboxylic acids is 1. The van der Waals surface area contributed by atoms with Crippen molar-refractivity contribution in [2.45, 2.75) is 12.8 Å². The molecule has 4 nitrogen and oxygen atoms in total. The van der Waals surface area contributed by atoms with Gasteiger partial charge in [-0.3, -0.25) is 4.79 Å². The Morgan fingerprint density at radius 2 is 1.94 bits per heavy atom. The SMILES string of the molecule is O=C(O)CCCOC(=O)/C=C/c1ccccc1. The fraction of sp³-hybridized carbons (Fsp3) is 0.231. The first-order valence-corrected chi connectivity index (χ1v) is 5.30. The highest BCUT2D eigenvalue weighted by Gasteiger charge is 1.99. The van der Waals surface area contributed by atoms with E-state index >= 15 is 0 Å². The number of hydrogen-bond acceptors (Lipinski definition) is 3. The van der Waals surface area contributed by atoms with Crippen molar-refractivity contribution in [1.82, 2.24) is 0 Å². The second kappa shape index (κ2) is 7.22. The number of carbonyl (C=O) groups is 2. The number of carbonyl (C=O) groups excluding carboxylic acids is 1. The van der Waals surface area contributed by atoms with Gasteiger partial charge in [-0.2, -0.15) is 0 Å². The van der Waals surface area contributed by atoms with Crippen molar-refractivity contribution in [1.29, 1.82) is 0 Å². The van der Waals surface area contributed by atoms with Gasteiger partial charge in [-0.1, -0.05) is 30.3 Å². The highest BCUT2D eigenvalue weighted by Crippen LogP contribution is 2.01. The molecule has 0 bridgehead atoms. The summed E-state index contributed by atoms with van der Waals surface area (Å²) >= 11 is 0. The molecule has 0 atom stereocenters. The number of carboxylic acid groups (broad SMARTS) is 1. The summed E-state index contributed by atoms with van der Waals surface area (Å²) in [5.41, 5.74) is 0.912. The molecule has 0 radical (unpaired) electrons. The molecule has 1 N–H and O–H groups in total. The molecule has 0 saturated heterocycles. The third-order valence-electron chi connectivity index (χ3n) is 1.99. The predicted octanol–water partition coefficient (Wildman–Crippen LogP) is 2.11. The number of esters is 1. The largest absolute Gasteiger partial charge is 0.481 e. The number of carboxylic acids is 1. The molecule has 0 spiro atoms. The third kappa shape index (κ3) is 6.14. The molecule has 0 amide bonds. The lowest BCUT2D eigenvalue weighted by Gasteiger charge is -1.99. The summed E-state index contributed by atoms with van der Waals surface area (Å²) in [6.07, 6.45) is 3.32. The van der Waals surface area contributed by atoms with Gasteiger partial charge in [0, 0.05) is 12.5 Å². The van der Waals surface area contributed by atoms with Gasteiger partial charge in [-0.25, -0.2) is 4.79 Å². The zero-order chi connectivity index (χ0) is 12.5. The molecule has 0 saturated carbocycles. The second-order valence-corrected chi connectivity index (χ2v) is 3.41. The molecule has 0 aliphatic rings. The van der Waals surface area contributed by atoms with Crippen molar-refractivity contribution in [2.75, 3.05) is 6.61 Å². The van der Waals surface area contributed by atoms with Crippen LogP contribution in [0.15, 0.2) is 36.4 Å². The molecule has 0 heterocycles. The third-order valence-corrected chi connectivity index (χ3v) is 1.99. The van der Waals surface area contributed by atoms with Gasteiger partial charge >= 0.3 is 11.9 Å². The molecular weight excluding hydrogens is 220 g/mol. The van der Waals surface area contributed by atoms with Gasteiger partial charge < -0.3 is 9.84 Å². The van der Waals surface area contributed by atoms with Crippen molar-refractivity contribution in [3.8, 4) is 0 Å². The van der Waals surface area contributed by atoms with Gasteiger partial charge in [0.1, 0.15) is 0 Å². The lowest BCUT2D eigenvalue weighted by atomic mass is 10.2. The van der Waals surface area contributed by atoms with Gasteiger partial charge in [0.15, 0.2) is 0 Å². The van der Waals surface area contributed by atoms with Crippen LogP contribution in [0, 0.1) is 0 Å². The Morgan fingerprint density at radius 3 is 2.59 bits per heavy atom. The number of hydrogen-bond donors (Lipinski definition) is 1. The van der Waals surface area contributed by atoms with E-state index in [9.17, 15) is 9.59 Å². The van der Waals surface area contributed by atoms with Crippen LogP contribution in [0.1, 0.15) is 18.4 Å². The smallest absolute Gasteiger partial charge is 0.330 e. The lowest BCUT2D eigenvalue weighted by molar-refractivity contribution is -0.141. The Kier molecular flexibility index (Phi) is 5.51. The molecule has 90 valence electrons. The van der Waals surface area contributed by atoms with Crippen LogP contribution in [0.2, 0.25) is 0 Å². The first kappa shape index (κ1) is 13.0. The van der Waals surface area contributed by atoms with E-state index in [4.69, 9.17) is 9.84 Å². The molecule has 1 aromatic carbocycles. The van der Waals surface area contributed by atoms with E-state index < -0.39 is 11.9 Å². The quantitative estimate of drug-likeness (QED) is 0.465. The molecule has 0 aromatic heterocycles. The molecule has 1 rings (SSSR count). The molecule has 0 aliphatic carbocycles. The lowest BCUT2D eigenvalue weighted by Crippen LogP contribution is -2.04. The van der Waals surface area contributed by atoms with Gasteiger partial charge in [0.05, 0.1) is 6.61 Å². The van der Waals surface area contributed by atoms with Crippen LogP contribution in [0.25, 0.3) is 6.08 Å². The maximum absolute atomic E-state index is 11.2. The molecule has 1 aromatic rings. The van der Waals surface area contributed by atoms with Crippen LogP contribution in [0.4, 0.5) is 0 Å². The average molecular weight is 234 g/mol. The summed E-state index contributed by atoms with van der Waals surface area (Å²) in [4.78, 5) is 21.4. The summed E-state index contributed by atoms with van der Waals surface area (Å²) in [6, 6.07) is 9.37. The van der Waals surface area contributed by atoms with Gasteiger partial charge in [0.2, 0.25) is 0 Å². The van der Waals surface area contributed by atoms with Gasteiger partial charge in [0.25, 0.3) is 0 Å². The zero-order valence-corrected chi connectivity index (χ0v) is 9.33. The van der Waals surface area contributed by atoms with Crippen LogP contribution in [0.5, 0.6) is 0 Å². The Bertz CT molecular complexity index is 395. The molecule has 17 heavy (non-hydrogen) atoms. The van der Waals surface area contributed by atoms with Crippen LogP contribution in [-0.4, -0.2) is 23.7 Å². The molecule has 0 aliphatic heterocycles. The molecular formula is C13H14O4. The molecule has 0 unspecified atom stereocenters. The maximum atomic E-state index is 11.2. The minimum atomic E-state index is -0.888. The van der Waals surface area contributed by atoms with E-state index in [1.807, 2.05) is 30.3 Å². The molecule has 4 heteroatoms. The van der Waals surface area contributed by atoms with Gasteiger partial charge in [-0.05, 0) is 18.1 Å². The summed E-state index contributed by atoms with van der Waals surface area (Å²) in [7, 11) is 0. The van der Waals surface area contributed by atoms with Crippen molar-refractivity contribution < 1.29 is 19.4 Å². The Morgan fingerprint density at radius 1 is 1.24 bits per heavy atom. The van der Waals surface area contributed by atoms with Crippen molar-refractivity contribution in [3.05, 3.63) is 42.0 Å². The van der Waals surface area contributed by atoms with E-state index in [0.29, 0.717) is 6.42 Å². The van der Waals surface area contributed by atoms with Crippen molar-refractivity contribution in [2.24, 2.45) is 0 Å². The van der Waals surface area contributed by atoms with Crippen LogP contribution in [0.3, 0.4) is 0 Å². The predicted molar refractivity (Wildman–Crippen MR) is 63.3 cm³/mol. The van der Waals surface area contributed by atoms with Crippen LogP contribution in [-0.2, 0) is 14.3 Å². The Labute approximate surface area is 99.5 Å². The van der Waals surface area contributed by atoms with Crippen molar-refractivity contribution in [3.63, 3.8) is 0 Å². The summed E-state index contributed by atoms with van der Waals surface area (Å²) < 4.78 is 4.83. The summed E-state index contributed by atoms with van der Waals surface area (Å²) in [5, 5.41) is 8.38. The zero-order valence-electron chi connectivity index (χ0n) is 9.33. The Hall–Kier alpha value is -2.10. The van der Waals surface area contributed by atoms with E-state index in [1.165, 1.54) is 6.08 Å². The van der Waals surface area contributed by atoms with Crippen molar-refractivity contribution >= 4 is 18.0 Å². The van der Waals surface area contributed by atoms with E-state index in [2.05, 4.69) is 0 Å². The van der Waals surface area contributed by atoms with Gasteiger partial charge in [-0.15, -0.1) is 0 Å². The summed E-state index contributed by atoms with van der Waals surface area (Å²) in [6.45, 7) is 0.129. The van der Waals surface area contributed by atoms with Crippen LogP contribution < -0.4 is 0 Å². The second-order valence-electron chi connectivity index (χ2n) is 3.41. The number of benzene rings is 1. The van der Waals surface area contributed by atoms with E-state index in [0.717, 1.165) is 5.56 Å². The highest BCUT2D eigenvalue weighted by molar-refractivity contribution is 5.87. The molecule has 0 fully saturated rings. The number of ether oxygens (including phenoxy) is 1. The minimum absolute atomic E-state index is 0.00960. The normalized spacial score (nSPS) is 10.4. The first-order valence-electron chi connectivity index (χ1n) is 5.30. The first-order chi connectivity index (χ1) is 8.18. The fourth-order valence-corrected chi connectivity index (χ4v) is 1.17. The Balaban J connectivity index is 2.25. The monoisotopic (exact) mass is 234 g/mol. The fourth-order valence-electron chi connectivity index (χ4n) is 1.17. The minimum Gasteiger partial charge on any atom is -0.481 e. The topological polar surface area (TPSA) is 63.6 Å². The standard InChI is InChI=1S/C13H14O4/c14-12(15)7-4-10-17-13(16)9-8-11-5-2-1-3-6-11/h1-3,5-6,8-9H,4,7,10H2,(H,14,15)/b9-8+. The average Bonchev–Trinajstić information content (AvgIpc) is 2.33.